The van der Waals surface area contributed by atoms with Gasteiger partial charge in [-0.05, 0) is 30.3 Å². The molecule has 0 saturated heterocycles. The van der Waals surface area contributed by atoms with Crippen molar-refractivity contribution in [3.05, 3.63) is 52.6 Å². The van der Waals surface area contributed by atoms with Gasteiger partial charge in [0, 0.05) is 30.3 Å². The Morgan fingerprint density at radius 1 is 1.26 bits per heavy atom. The summed E-state index contributed by atoms with van der Waals surface area (Å²) in [5.41, 5.74) is 1.29. The molecular weight excluding hydrogens is 306 g/mol. The van der Waals surface area contributed by atoms with Gasteiger partial charge in [0.05, 0.1) is 5.69 Å². The Labute approximate surface area is 120 Å². The van der Waals surface area contributed by atoms with Crippen molar-refractivity contribution in [3.63, 3.8) is 0 Å². The van der Waals surface area contributed by atoms with E-state index in [1.807, 2.05) is 37.2 Å². The van der Waals surface area contributed by atoms with Crippen molar-refractivity contribution in [2.75, 3.05) is 24.3 Å². The first-order valence-electron chi connectivity index (χ1n) is 5.77. The second kappa shape index (κ2) is 5.84. The van der Waals surface area contributed by atoms with Crippen molar-refractivity contribution in [3.8, 4) is 0 Å². The Bertz CT molecular complexity index is 599. The maximum atomic E-state index is 12.2. The summed E-state index contributed by atoms with van der Waals surface area (Å²) in [6.45, 7) is 0. The standard InChI is InChI=1S/C14H14BrN3O/c1-18(2)13-12(7-4-8-16-13)17-14(19)10-5-3-6-11(15)9-10/h3-9H,1-2H3,(H,17,19). The van der Waals surface area contributed by atoms with Crippen LogP contribution in [0.4, 0.5) is 11.5 Å². The number of carbonyl (C=O) groups excluding carboxylic acids is 1. The minimum absolute atomic E-state index is 0.155. The highest BCUT2D eigenvalue weighted by atomic mass is 79.9. The van der Waals surface area contributed by atoms with Crippen molar-refractivity contribution >= 4 is 33.3 Å². The zero-order chi connectivity index (χ0) is 13.8. The first-order valence-corrected chi connectivity index (χ1v) is 6.56. The summed E-state index contributed by atoms with van der Waals surface area (Å²) in [5, 5.41) is 2.87. The van der Waals surface area contributed by atoms with Crippen molar-refractivity contribution in [1.29, 1.82) is 0 Å². The minimum atomic E-state index is -0.155. The van der Waals surface area contributed by atoms with E-state index in [1.165, 1.54) is 0 Å². The maximum absolute atomic E-state index is 12.2. The molecule has 0 bridgehead atoms. The van der Waals surface area contributed by atoms with Crippen LogP contribution < -0.4 is 10.2 Å². The molecule has 98 valence electrons. The van der Waals surface area contributed by atoms with Crippen molar-refractivity contribution in [2.24, 2.45) is 0 Å². The van der Waals surface area contributed by atoms with Gasteiger partial charge in [0.25, 0.3) is 5.91 Å². The number of carbonyl (C=O) groups is 1. The fourth-order valence-corrected chi connectivity index (χ4v) is 2.07. The van der Waals surface area contributed by atoms with Gasteiger partial charge in [-0.15, -0.1) is 0 Å². The number of pyridine rings is 1. The highest BCUT2D eigenvalue weighted by molar-refractivity contribution is 9.10. The molecule has 1 heterocycles. The highest BCUT2D eigenvalue weighted by Crippen LogP contribution is 2.21. The Morgan fingerprint density at radius 3 is 2.74 bits per heavy atom. The van der Waals surface area contributed by atoms with Crippen LogP contribution in [0.1, 0.15) is 10.4 Å². The molecule has 0 saturated carbocycles. The van der Waals surface area contributed by atoms with Gasteiger partial charge in [0.1, 0.15) is 0 Å². The van der Waals surface area contributed by atoms with Crippen LogP contribution in [0.3, 0.4) is 0 Å². The fourth-order valence-electron chi connectivity index (χ4n) is 1.68. The van der Waals surface area contributed by atoms with Crippen LogP contribution in [0.25, 0.3) is 0 Å². The van der Waals surface area contributed by atoms with Crippen LogP contribution in [0.2, 0.25) is 0 Å². The van der Waals surface area contributed by atoms with E-state index in [9.17, 15) is 4.79 Å². The topological polar surface area (TPSA) is 45.2 Å². The predicted molar refractivity (Wildman–Crippen MR) is 80.7 cm³/mol. The molecule has 0 spiro atoms. The number of nitrogens with one attached hydrogen (secondary N) is 1. The minimum Gasteiger partial charge on any atom is -0.361 e. The molecule has 0 unspecified atom stereocenters. The van der Waals surface area contributed by atoms with Gasteiger partial charge < -0.3 is 10.2 Å². The number of amides is 1. The van der Waals surface area contributed by atoms with Crippen LogP contribution >= 0.6 is 15.9 Å². The van der Waals surface area contributed by atoms with Gasteiger partial charge in [0.2, 0.25) is 0 Å². The Balaban J connectivity index is 2.24. The molecule has 19 heavy (non-hydrogen) atoms. The van der Waals surface area contributed by atoms with Crippen LogP contribution in [-0.2, 0) is 0 Å². The molecule has 1 aromatic heterocycles. The van der Waals surface area contributed by atoms with Crippen LogP contribution in [0.15, 0.2) is 47.1 Å². The van der Waals surface area contributed by atoms with Crippen LogP contribution in [0.5, 0.6) is 0 Å². The molecule has 2 rings (SSSR count). The third-order valence-electron chi connectivity index (χ3n) is 2.55. The lowest BCUT2D eigenvalue weighted by molar-refractivity contribution is 0.102. The lowest BCUT2D eigenvalue weighted by Gasteiger charge is -2.16. The van der Waals surface area contributed by atoms with Gasteiger partial charge in [-0.3, -0.25) is 4.79 Å². The molecule has 0 radical (unpaired) electrons. The van der Waals surface area contributed by atoms with E-state index in [1.54, 1.807) is 24.4 Å². The molecule has 5 heteroatoms. The van der Waals surface area contributed by atoms with Crippen molar-refractivity contribution in [1.82, 2.24) is 4.98 Å². The molecule has 1 amide bonds. The second-order valence-corrected chi connectivity index (χ2v) is 5.15. The average molecular weight is 320 g/mol. The smallest absolute Gasteiger partial charge is 0.255 e. The summed E-state index contributed by atoms with van der Waals surface area (Å²) in [5.74, 6) is 0.572. The highest BCUT2D eigenvalue weighted by Gasteiger charge is 2.10. The van der Waals surface area contributed by atoms with Crippen LogP contribution in [0, 0.1) is 0 Å². The Morgan fingerprint density at radius 2 is 2.05 bits per heavy atom. The third-order valence-corrected chi connectivity index (χ3v) is 3.04. The quantitative estimate of drug-likeness (QED) is 0.945. The number of hydrogen-bond donors (Lipinski definition) is 1. The van der Waals surface area contributed by atoms with E-state index in [4.69, 9.17) is 0 Å². The largest absolute Gasteiger partial charge is 0.361 e. The van der Waals surface area contributed by atoms with E-state index in [0.717, 1.165) is 10.3 Å². The molecule has 0 fully saturated rings. The van der Waals surface area contributed by atoms with E-state index in [2.05, 4.69) is 26.2 Å². The van der Waals surface area contributed by atoms with Gasteiger partial charge in [-0.2, -0.15) is 0 Å². The number of nitrogens with zero attached hydrogens (tertiary/aromatic N) is 2. The molecule has 0 aliphatic rings. The van der Waals surface area contributed by atoms with Crippen molar-refractivity contribution in [2.45, 2.75) is 0 Å². The predicted octanol–water partition coefficient (Wildman–Crippen LogP) is 3.16. The van der Waals surface area contributed by atoms with Gasteiger partial charge >= 0.3 is 0 Å². The number of benzene rings is 1. The normalized spacial score (nSPS) is 10.1. The zero-order valence-corrected chi connectivity index (χ0v) is 12.3. The summed E-state index contributed by atoms with van der Waals surface area (Å²) in [7, 11) is 3.77. The molecule has 4 nitrogen and oxygen atoms in total. The van der Waals surface area contributed by atoms with E-state index >= 15 is 0 Å². The van der Waals surface area contributed by atoms with Gasteiger partial charge in [-0.1, -0.05) is 22.0 Å². The average Bonchev–Trinajstić information content (AvgIpc) is 2.39. The van der Waals surface area contributed by atoms with Crippen LogP contribution in [-0.4, -0.2) is 25.0 Å². The fraction of sp³-hybridized carbons (Fsp3) is 0.143. The number of hydrogen-bond acceptors (Lipinski definition) is 3. The Kier molecular flexibility index (Phi) is 4.16. The van der Waals surface area contributed by atoms with E-state index < -0.39 is 0 Å². The molecule has 0 aliphatic heterocycles. The summed E-state index contributed by atoms with van der Waals surface area (Å²) >= 11 is 3.35. The van der Waals surface area contributed by atoms with Gasteiger partial charge in [-0.25, -0.2) is 4.98 Å². The molecule has 0 atom stereocenters. The third kappa shape index (κ3) is 3.32. The summed E-state index contributed by atoms with van der Waals surface area (Å²) < 4.78 is 0.874. The zero-order valence-electron chi connectivity index (χ0n) is 10.7. The van der Waals surface area contributed by atoms with Crippen molar-refractivity contribution < 1.29 is 4.79 Å². The monoisotopic (exact) mass is 319 g/mol. The lowest BCUT2D eigenvalue weighted by Crippen LogP contribution is -2.17. The summed E-state index contributed by atoms with van der Waals surface area (Å²) in [4.78, 5) is 18.3. The summed E-state index contributed by atoms with van der Waals surface area (Å²) in [6, 6.07) is 10.9. The first-order chi connectivity index (χ1) is 9.08. The Hall–Kier alpha value is -1.88. The molecular formula is C14H14BrN3O. The van der Waals surface area contributed by atoms with E-state index in [0.29, 0.717) is 11.3 Å². The summed E-state index contributed by atoms with van der Waals surface area (Å²) in [6.07, 6.45) is 1.70. The lowest BCUT2D eigenvalue weighted by atomic mass is 10.2. The number of halogens is 1. The molecule has 2 aromatic rings. The molecule has 0 aliphatic carbocycles. The SMILES string of the molecule is CN(C)c1ncccc1NC(=O)c1cccc(Br)c1. The number of anilines is 2. The van der Waals surface area contributed by atoms with Gasteiger partial charge in [0.15, 0.2) is 5.82 Å². The number of aromatic nitrogens is 1. The van der Waals surface area contributed by atoms with E-state index in [-0.39, 0.29) is 5.91 Å². The molecule has 1 N–H and O–H groups in total. The second-order valence-electron chi connectivity index (χ2n) is 4.23. The molecule has 1 aromatic carbocycles. The maximum Gasteiger partial charge on any atom is 0.255 e. The number of rotatable bonds is 3. The first kappa shape index (κ1) is 13.5.